The third-order valence-corrected chi connectivity index (χ3v) is 4.51. The van der Waals surface area contributed by atoms with Crippen LogP contribution in [0.3, 0.4) is 0 Å². The van der Waals surface area contributed by atoms with Gasteiger partial charge >= 0.3 is 6.03 Å². The smallest absolute Gasteiger partial charge is 0.317 e. The predicted molar refractivity (Wildman–Crippen MR) is 97.6 cm³/mol. The van der Waals surface area contributed by atoms with E-state index in [-0.39, 0.29) is 12.1 Å². The highest BCUT2D eigenvalue weighted by Gasteiger charge is 2.19. The zero-order valence-electron chi connectivity index (χ0n) is 15.4. The molecule has 1 N–H and O–H groups in total. The van der Waals surface area contributed by atoms with Gasteiger partial charge in [0.2, 0.25) is 0 Å². The molecule has 4 nitrogen and oxygen atoms in total. The van der Waals surface area contributed by atoms with E-state index in [1.54, 1.807) is 4.90 Å². The van der Waals surface area contributed by atoms with Crippen LogP contribution in [0.4, 0.5) is 4.79 Å². The number of benzene rings is 1. The summed E-state index contributed by atoms with van der Waals surface area (Å²) >= 11 is 0. The maximum Gasteiger partial charge on any atom is 0.317 e. The van der Waals surface area contributed by atoms with Crippen molar-refractivity contribution in [2.75, 3.05) is 33.2 Å². The van der Waals surface area contributed by atoms with Crippen LogP contribution in [0.15, 0.2) is 30.3 Å². The lowest BCUT2D eigenvalue weighted by molar-refractivity contribution is 0.185. The number of nitrogens with zero attached hydrogens (tertiary/aromatic N) is 2. The van der Waals surface area contributed by atoms with Gasteiger partial charge in [0.25, 0.3) is 0 Å². The van der Waals surface area contributed by atoms with Crippen LogP contribution in [0.1, 0.15) is 45.7 Å². The second-order valence-electron chi connectivity index (χ2n) is 6.23. The van der Waals surface area contributed by atoms with Crippen molar-refractivity contribution in [1.29, 1.82) is 0 Å². The summed E-state index contributed by atoms with van der Waals surface area (Å²) in [5, 5.41) is 3.10. The van der Waals surface area contributed by atoms with Crippen LogP contribution in [0.5, 0.6) is 0 Å². The van der Waals surface area contributed by atoms with E-state index in [2.05, 4.69) is 62.2 Å². The van der Waals surface area contributed by atoms with E-state index in [4.69, 9.17) is 0 Å². The number of hydrogen-bond acceptors (Lipinski definition) is 2. The minimum absolute atomic E-state index is 0.0124. The van der Waals surface area contributed by atoms with Gasteiger partial charge < -0.3 is 10.2 Å². The van der Waals surface area contributed by atoms with Gasteiger partial charge in [-0.2, -0.15) is 0 Å². The van der Waals surface area contributed by atoms with Crippen molar-refractivity contribution in [2.45, 2.75) is 40.2 Å². The van der Waals surface area contributed by atoms with E-state index in [1.807, 2.05) is 13.1 Å². The van der Waals surface area contributed by atoms with Gasteiger partial charge in [0.05, 0.1) is 6.04 Å². The number of likely N-dealkylation sites (N-methyl/N-ethyl adjacent to an activating group) is 1. The Morgan fingerprint density at radius 1 is 1.13 bits per heavy atom. The molecule has 1 rings (SSSR count). The first kappa shape index (κ1) is 19.5. The van der Waals surface area contributed by atoms with Crippen molar-refractivity contribution in [3.63, 3.8) is 0 Å². The van der Waals surface area contributed by atoms with Crippen molar-refractivity contribution in [2.24, 2.45) is 5.92 Å². The zero-order chi connectivity index (χ0) is 17.2. The highest BCUT2D eigenvalue weighted by Crippen LogP contribution is 2.19. The van der Waals surface area contributed by atoms with Crippen LogP contribution in [-0.2, 0) is 0 Å². The lowest BCUT2D eigenvalue weighted by atomic mass is 10.1. The maximum absolute atomic E-state index is 12.3. The van der Waals surface area contributed by atoms with Gasteiger partial charge in [-0.25, -0.2) is 4.79 Å². The number of urea groups is 1. The summed E-state index contributed by atoms with van der Waals surface area (Å²) in [5.41, 5.74) is 1.25. The van der Waals surface area contributed by atoms with Crippen molar-refractivity contribution in [1.82, 2.24) is 15.1 Å². The molecule has 4 heteroatoms. The van der Waals surface area contributed by atoms with Gasteiger partial charge in [0.1, 0.15) is 0 Å². The number of carbonyl (C=O) groups excluding carboxylic acids is 1. The Kier molecular flexibility index (Phi) is 8.70. The molecule has 0 bridgehead atoms. The normalized spacial score (nSPS) is 13.7. The molecule has 1 aromatic carbocycles. The van der Waals surface area contributed by atoms with Crippen LogP contribution in [-0.4, -0.2) is 49.1 Å². The largest absolute Gasteiger partial charge is 0.336 e. The summed E-state index contributed by atoms with van der Waals surface area (Å²) in [4.78, 5) is 16.5. The summed E-state index contributed by atoms with van der Waals surface area (Å²) in [5.74, 6) is 0.526. The Balaban J connectivity index is 2.69. The molecule has 0 aromatic heterocycles. The van der Waals surface area contributed by atoms with Crippen LogP contribution in [0, 0.1) is 5.92 Å². The van der Waals surface area contributed by atoms with E-state index < -0.39 is 0 Å². The average Bonchev–Trinajstić information content (AvgIpc) is 2.58. The molecule has 1 aromatic rings. The minimum Gasteiger partial charge on any atom is -0.336 e. The third-order valence-electron chi connectivity index (χ3n) is 4.51. The first-order valence-electron chi connectivity index (χ1n) is 8.81. The molecule has 0 saturated heterocycles. The quantitative estimate of drug-likeness (QED) is 0.752. The lowest BCUT2D eigenvalue weighted by Crippen LogP contribution is -2.44. The van der Waals surface area contributed by atoms with E-state index in [9.17, 15) is 4.79 Å². The second-order valence-corrected chi connectivity index (χ2v) is 6.23. The number of amides is 2. The summed E-state index contributed by atoms with van der Waals surface area (Å²) in [6, 6.07) is 10.6. The first-order valence-corrected chi connectivity index (χ1v) is 8.81. The maximum atomic E-state index is 12.3. The molecule has 0 aliphatic rings. The van der Waals surface area contributed by atoms with Crippen molar-refractivity contribution >= 4 is 6.03 Å². The van der Waals surface area contributed by atoms with E-state index in [0.29, 0.717) is 12.5 Å². The fraction of sp³-hybridized carbons (Fsp3) is 0.632. The van der Waals surface area contributed by atoms with Gasteiger partial charge in [-0.3, -0.25) is 4.90 Å². The number of nitrogens with one attached hydrogen (secondary N) is 1. The topological polar surface area (TPSA) is 35.6 Å². The molecule has 23 heavy (non-hydrogen) atoms. The number of hydrogen-bond donors (Lipinski definition) is 1. The fourth-order valence-electron chi connectivity index (χ4n) is 2.80. The van der Waals surface area contributed by atoms with Gasteiger partial charge in [-0.15, -0.1) is 0 Å². The van der Waals surface area contributed by atoms with E-state index in [0.717, 1.165) is 26.1 Å². The molecule has 130 valence electrons. The highest BCUT2D eigenvalue weighted by molar-refractivity contribution is 5.73. The predicted octanol–water partition coefficient (Wildman–Crippen LogP) is 3.76. The summed E-state index contributed by atoms with van der Waals surface area (Å²) < 4.78 is 0. The summed E-state index contributed by atoms with van der Waals surface area (Å²) in [6.45, 7) is 12.0. The molecule has 0 aliphatic carbocycles. The zero-order valence-corrected chi connectivity index (χ0v) is 15.4. The standard InChI is InChI=1S/C19H33N3O/c1-6-16(4)15-21(5)19(23)20-14-18(22(7-2)8-3)17-12-10-9-11-13-17/h9-13,16,18H,6-8,14-15H2,1-5H3,(H,20,23). The van der Waals surface area contributed by atoms with Gasteiger partial charge in [-0.1, -0.05) is 64.4 Å². The fourth-order valence-corrected chi connectivity index (χ4v) is 2.80. The molecule has 0 radical (unpaired) electrons. The average molecular weight is 319 g/mol. The van der Waals surface area contributed by atoms with Crippen LogP contribution >= 0.6 is 0 Å². The summed E-state index contributed by atoms with van der Waals surface area (Å²) in [7, 11) is 1.87. The van der Waals surface area contributed by atoms with Crippen LogP contribution in [0.2, 0.25) is 0 Å². The number of rotatable bonds is 9. The van der Waals surface area contributed by atoms with Gasteiger partial charge in [-0.05, 0) is 24.6 Å². The van der Waals surface area contributed by atoms with Crippen LogP contribution < -0.4 is 5.32 Å². The first-order chi connectivity index (χ1) is 11.0. The Morgan fingerprint density at radius 3 is 2.26 bits per heavy atom. The Labute approximate surface area is 141 Å². The van der Waals surface area contributed by atoms with E-state index in [1.165, 1.54) is 5.56 Å². The SMILES string of the molecule is CCC(C)CN(C)C(=O)NCC(c1ccccc1)N(CC)CC. The molecule has 2 unspecified atom stereocenters. The Bertz CT molecular complexity index is 445. The van der Waals surface area contributed by atoms with Crippen LogP contribution in [0.25, 0.3) is 0 Å². The number of carbonyl (C=O) groups is 1. The summed E-state index contributed by atoms with van der Waals surface area (Å²) in [6.07, 6.45) is 1.09. The molecule has 0 heterocycles. The Hall–Kier alpha value is -1.55. The minimum atomic E-state index is 0.0124. The molecule has 0 spiro atoms. The monoisotopic (exact) mass is 319 g/mol. The van der Waals surface area contributed by atoms with Gasteiger partial charge in [0.15, 0.2) is 0 Å². The molecular weight excluding hydrogens is 286 g/mol. The van der Waals surface area contributed by atoms with Crippen molar-refractivity contribution in [3.05, 3.63) is 35.9 Å². The second kappa shape index (κ2) is 10.3. The van der Waals surface area contributed by atoms with Gasteiger partial charge in [0, 0.05) is 20.1 Å². The lowest BCUT2D eigenvalue weighted by Gasteiger charge is -2.31. The molecule has 2 amide bonds. The molecule has 2 atom stereocenters. The van der Waals surface area contributed by atoms with Crippen molar-refractivity contribution in [3.8, 4) is 0 Å². The third kappa shape index (κ3) is 6.22. The van der Waals surface area contributed by atoms with Crippen molar-refractivity contribution < 1.29 is 4.79 Å². The molecule has 0 fully saturated rings. The Morgan fingerprint density at radius 2 is 1.74 bits per heavy atom. The van der Waals surface area contributed by atoms with E-state index >= 15 is 0 Å². The highest BCUT2D eigenvalue weighted by atomic mass is 16.2. The molecule has 0 aliphatic heterocycles. The molecule has 0 saturated carbocycles. The molecular formula is C19H33N3O.